The second-order valence-electron chi connectivity index (χ2n) is 6.62. The van der Waals surface area contributed by atoms with Crippen molar-refractivity contribution in [1.82, 2.24) is 0 Å². The molecule has 0 aromatic heterocycles. The molecular formula is C24H20FNO3. The second kappa shape index (κ2) is 8.19. The molecule has 0 spiro atoms. The molecule has 1 aliphatic heterocycles. The third-order valence-corrected chi connectivity index (χ3v) is 4.57. The van der Waals surface area contributed by atoms with Gasteiger partial charge in [0.15, 0.2) is 11.5 Å². The van der Waals surface area contributed by atoms with E-state index in [0.29, 0.717) is 23.7 Å². The minimum Gasteiger partial charge on any atom is -0.490 e. The van der Waals surface area contributed by atoms with Crippen LogP contribution in [0, 0.1) is 5.82 Å². The Morgan fingerprint density at radius 1 is 0.966 bits per heavy atom. The highest BCUT2D eigenvalue weighted by atomic mass is 19.1. The summed E-state index contributed by atoms with van der Waals surface area (Å²) >= 11 is 0. The standard InChI is InChI=1S/C24H20FNO3/c1-2-28-23-14-16(13-20-19-8-3-4-9-21(19)26-24(20)27)10-11-22(23)29-15-17-6-5-7-18(25)12-17/h3-14H,2,15H2,1H3,(H,26,27)/b20-13-. The number of ether oxygens (including phenoxy) is 2. The average Bonchev–Trinajstić information content (AvgIpc) is 3.03. The quantitative estimate of drug-likeness (QED) is 0.582. The molecule has 3 aromatic carbocycles. The lowest BCUT2D eigenvalue weighted by Crippen LogP contribution is -2.03. The lowest BCUT2D eigenvalue weighted by Gasteiger charge is -2.13. The maximum Gasteiger partial charge on any atom is 0.256 e. The fourth-order valence-corrected chi connectivity index (χ4v) is 3.24. The molecule has 1 amide bonds. The summed E-state index contributed by atoms with van der Waals surface area (Å²) < 4.78 is 24.9. The van der Waals surface area contributed by atoms with Gasteiger partial charge in [-0.25, -0.2) is 4.39 Å². The third-order valence-electron chi connectivity index (χ3n) is 4.57. The van der Waals surface area contributed by atoms with Gasteiger partial charge in [0, 0.05) is 16.8 Å². The summed E-state index contributed by atoms with van der Waals surface area (Å²) in [6, 6.07) is 19.4. The molecule has 1 heterocycles. The SMILES string of the molecule is CCOc1cc(/C=C2\C(=O)Nc3ccccc32)ccc1OCc1cccc(F)c1. The van der Waals surface area contributed by atoms with Gasteiger partial charge < -0.3 is 14.8 Å². The van der Waals surface area contributed by atoms with Gasteiger partial charge in [0.1, 0.15) is 12.4 Å². The summed E-state index contributed by atoms with van der Waals surface area (Å²) in [5, 5.41) is 2.87. The molecule has 0 unspecified atom stereocenters. The van der Waals surface area contributed by atoms with Crippen LogP contribution in [0.1, 0.15) is 23.6 Å². The van der Waals surface area contributed by atoms with E-state index in [1.807, 2.05) is 49.4 Å². The Hall–Kier alpha value is -3.60. The van der Waals surface area contributed by atoms with Gasteiger partial charge in [-0.1, -0.05) is 36.4 Å². The minimum absolute atomic E-state index is 0.129. The van der Waals surface area contributed by atoms with E-state index < -0.39 is 0 Å². The van der Waals surface area contributed by atoms with Crippen molar-refractivity contribution < 1.29 is 18.7 Å². The van der Waals surface area contributed by atoms with Crippen LogP contribution in [0.2, 0.25) is 0 Å². The van der Waals surface area contributed by atoms with Gasteiger partial charge in [-0.3, -0.25) is 4.79 Å². The number of amides is 1. The van der Waals surface area contributed by atoms with Crippen LogP contribution in [-0.4, -0.2) is 12.5 Å². The fraction of sp³-hybridized carbons (Fsp3) is 0.125. The number of hydrogen-bond donors (Lipinski definition) is 1. The Morgan fingerprint density at radius 3 is 2.66 bits per heavy atom. The Labute approximate surface area is 168 Å². The van der Waals surface area contributed by atoms with Crippen LogP contribution < -0.4 is 14.8 Å². The van der Waals surface area contributed by atoms with Gasteiger partial charge in [0.2, 0.25) is 0 Å². The first-order valence-electron chi connectivity index (χ1n) is 9.40. The van der Waals surface area contributed by atoms with Crippen LogP contribution in [0.25, 0.3) is 11.6 Å². The topological polar surface area (TPSA) is 47.6 Å². The first kappa shape index (κ1) is 18.7. The molecule has 1 N–H and O–H groups in total. The number of nitrogens with one attached hydrogen (secondary N) is 1. The number of carbonyl (C=O) groups excluding carboxylic acids is 1. The highest BCUT2D eigenvalue weighted by molar-refractivity contribution is 6.34. The van der Waals surface area contributed by atoms with E-state index in [4.69, 9.17) is 9.47 Å². The maximum atomic E-state index is 13.4. The molecule has 0 fully saturated rings. The smallest absolute Gasteiger partial charge is 0.256 e. The second-order valence-corrected chi connectivity index (χ2v) is 6.62. The highest BCUT2D eigenvalue weighted by Gasteiger charge is 2.23. The van der Waals surface area contributed by atoms with Crippen molar-refractivity contribution in [2.75, 3.05) is 11.9 Å². The van der Waals surface area contributed by atoms with Crippen molar-refractivity contribution in [3.8, 4) is 11.5 Å². The Morgan fingerprint density at radius 2 is 1.83 bits per heavy atom. The normalized spacial score (nSPS) is 13.9. The van der Waals surface area contributed by atoms with Gasteiger partial charge in [-0.15, -0.1) is 0 Å². The number of para-hydroxylation sites is 1. The van der Waals surface area contributed by atoms with Crippen LogP contribution in [0.4, 0.5) is 10.1 Å². The Kier molecular flexibility index (Phi) is 5.29. The van der Waals surface area contributed by atoms with Crippen molar-refractivity contribution in [1.29, 1.82) is 0 Å². The number of anilines is 1. The Bertz CT molecular complexity index is 1090. The Balaban J connectivity index is 1.60. The van der Waals surface area contributed by atoms with Crippen molar-refractivity contribution in [3.63, 3.8) is 0 Å². The van der Waals surface area contributed by atoms with E-state index in [1.165, 1.54) is 12.1 Å². The van der Waals surface area contributed by atoms with Crippen LogP contribution in [0.15, 0.2) is 66.7 Å². The monoisotopic (exact) mass is 389 g/mol. The van der Waals surface area contributed by atoms with Crippen molar-refractivity contribution in [2.45, 2.75) is 13.5 Å². The summed E-state index contributed by atoms with van der Waals surface area (Å²) in [5.41, 5.74) is 3.86. The molecule has 1 aliphatic rings. The van der Waals surface area contributed by atoms with Crippen LogP contribution in [0.5, 0.6) is 11.5 Å². The van der Waals surface area contributed by atoms with Crippen molar-refractivity contribution >= 4 is 23.2 Å². The van der Waals surface area contributed by atoms with Gasteiger partial charge in [-0.05, 0) is 54.5 Å². The molecule has 3 aromatic rings. The summed E-state index contributed by atoms with van der Waals surface area (Å²) in [6.45, 7) is 2.59. The van der Waals surface area contributed by atoms with Crippen LogP contribution in [-0.2, 0) is 11.4 Å². The van der Waals surface area contributed by atoms with E-state index in [0.717, 1.165) is 22.4 Å². The highest BCUT2D eigenvalue weighted by Crippen LogP contribution is 2.35. The van der Waals surface area contributed by atoms with Crippen molar-refractivity contribution in [2.24, 2.45) is 0 Å². The molecule has 5 heteroatoms. The molecule has 0 saturated carbocycles. The maximum absolute atomic E-state index is 13.4. The predicted octanol–water partition coefficient (Wildman–Crippen LogP) is 5.30. The number of carbonyl (C=O) groups is 1. The zero-order chi connectivity index (χ0) is 20.2. The number of benzene rings is 3. The van der Waals surface area contributed by atoms with Crippen LogP contribution >= 0.6 is 0 Å². The lowest BCUT2D eigenvalue weighted by atomic mass is 10.0. The van der Waals surface area contributed by atoms with Crippen LogP contribution in [0.3, 0.4) is 0 Å². The van der Waals surface area contributed by atoms with E-state index in [2.05, 4.69) is 5.32 Å². The average molecular weight is 389 g/mol. The fourth-order valence-electron chi connectivity index (χ4n) is 3.24. The molecule has 146 valence electrons. The van der Waals surface area contributed by atoms with Gasteiger partial charge >= 0.3 is 0 Å². The van der Waals surface area contributed by atoms with Gasteiger partial charge in [0.05, 0.1) is 6.61 Å². The van der Waals surface area contributed by atoms with E-state index >= 15 is 0 Å². The number of halogens is 1. The molecule has 4 nitrogen and oxygen atoms in total. The minimum atomic E-state index is -0.298. The van der Waals surface area contributed by atoms with Gasteiger partial charge in [-0.2, -0.15) is 0 Å². The largest absolute Gasteiger partial charge is 0.490 e. The summed E-state index contributed by atoms with van der Waals surface area (Å²) in [5.74, 6) is 0.711. The van der Waals surface area contributed by atoms with Gasteiger partial charge in [0.25, 0.3) is 5.91 Å². The molecule has 0 radical (unpaired) electrons. The van der Waals surface area contributed by atoms with E-state index in [1.54, 1.807) is 18.2 Å². The van der Waals surface area contributed by atoms with Crippen molar-refractivity contribution in [3.05, 3.63) is 89.2 Å². The summed E-state index contributed by atoms with van der Waals surface area (Å²) in [7, 11) is 0. The molecule has 0 bridgehead atoms. The van der Waals surface area contributed by atoms with E-state index in [-0.39, 0.29) is 18.3 Å². The molecule has 29 heavy (non-hydrogen) atoms. The zero-order valence-electron chi connectivity index (χ0n) is 15.9. The number of rotatable bonds is 6. The first-order chi connectivity index (χ1) is 14.1. The van der Waals surface area contributed by atoms with E-state index in [9.17, 15) is 9.18 Å². The molecule has 0 saturated heterocycles. The predicted molar refractivity (Wildman–Crippen MR) is 111 cm³/mol. The molecule has 0 atom stereocenters. The summed E-state index contributed by atoms with van der Waals surface area (Å²) in [4.78, 5) is 12.3. The summed E-state index contributed by atoms with van der Waals surface area (Å²) in [6.07, 6.45) is 1.83. The molecular weight excluding hydrogens is 369 g/mol. The third kappa shape index (κ3) is 4.14. The molecule has 0 aliphatic carbocycles. The zero-order valence-corrected chi connectivity index (χ0v) is 15.9. The number of fused-ring (bicyclic) bond motifs is 1. The molecule has 4 rings (SSSR count). The first-order valence-corrected chi connectivity index (χ1v) is 9.40. The lowest BCUT2D eigenvalue weighted by molar-refractivity contribution is -0.110. The number of hydrogen-bond acceptors (Lipinski definition) is 3.